The monoisotopic (exact) mass is 1110 g/mol. The number of nitrogens with zero attached hydrogens (tertiary/aromatic N) is 4. The Morgan fingerprint density at radius 1 is 0.646 bits per heavy atom. The van der Waals surface area contributed by atoms with Crippen molar-refractivity contribution in [3.63, 3.8) is 0 Å². The topological polar surface area (TPSA) is 273 Å². The number of para-hydroxylation sites is 2. The molecule has 0 bridgehead atoms. The molecule has 5 heterocycles. The first kappa shape index (κ1) is 54.4. The number of hydroxylamine groups is 2. The molecule has 1 saturated heterocycles. The molecule has 6 aliphatic rings. The van der Waals surface area contributed by atoms with Crippen LogP contribution in [0.2, 0.25) is 0 Å². The number of carbonyl (C=O) groups is 9. The van der Waals surface area contributed by atoms with Crippen LogP contribution in [0.15, 0.2) is 96.0 Å². The molecule has 0 radical (unpaired) electrons. The molecule has 5 aliphatic heterocycles. The van der Waals surface area contributed by atoms with Gasteiger partial charge in [0.2, 0.25) is 23.6 Å². The van der Waals surface area contributed by atoms with E-state index in [1.807, 2.05) is 66.4 Å². The molecule has 0 aromatic heterocycles. The Balaban J connectivity index is 0.720. The summed E-state index contributed by atoms with van der Waals surface area (Å²) in [5, 5.41) is 14.3. The lowest BCUT2D eigenvalue weighted by atomic mass is 9.81. The van der Waals surface area contributed by atoms with E-state index in [0.717, 1.165) is 28.9 Å². The average molecular weight is 1110 g/mol. The van der Waals surface area contributed by atoms with E-state index in [1.54, 1.807) is 47.5 Å². The number of anilines is 4. The molecule has 11 rings (SSSR count). The Labute approximate surface area is 470 Å². The average Bonchev–Trinajstić information content (AvgIpc) is 2.99. The second-order valence-corrected chi connectivity index (χ2v) is 21.1. The number of fused-ring (bicyclic) bond motifs is 8. The van der Waals surface area contributed by atoms with Gasteiger partial charge in [0.05, 0.1) is 67.2 Å². The SMILES string of the molecule is COc1cc2c(cc1OCc1cc(COc3cc4c(cc3C)C(=O)N3c5ccccc5C[C@H]3C=N4)cc(NC(=O)CNC(=O)CNC(=O)CNC(=O)[C@H]3CC[C@H](C(=O)ON4C(=O)CCC4=O)CC3)c1)NC[C@@H]1Cc3ccccc3N1C2=O. The first-order valence-electron chi connectivity index (χ1n) is 27.2. The molecule has 22 heteroatoms. The molecule has 5 aromatic rings. The second kappa shape index (κ2) is 23.2. The van der Waals surface area contributed by atoms with Crippen molar-refractivity contribution in [2.24, 2.45) is 16.8 Å². The lowest BCUT2D eigenvalue weighted by Crippen LogP contribution is -2.44. The summed E-state index contributed by atoms with van der Waals surface area (Å²) in [6.07, 6.45) is 4.36. The van der Waals surface area contributed by atoms with Gasteiger partial charge in [-0.15, -0.1) is 5.06 Å². The third-order valence-corrected chi connectivity index (χ3v) is 15.6. The van der Waals surface area contributed by atoms with Crippen LogP contribution in [0.4, 0.5) is 28.4 Å². The van der Waals surface area contributed by atoms with Crippen molar-refractivity contribution in [3.8, 4) is 17.2 Å². The summed E-state index contributed by atoms with van der Waals surface area (Å²) >= 11 is 0. The summed E-state index contributed by atoms with van der Waals surface area (Å²) in [4.78, 5) is 130. The fraction of sp³-hybridized carbons (Fsp3) is 0.333. The van der Waals surface area contributed by atoms with Crippen LogP contribution in [0.5, 0.6) is 17.2 Å². The maximum Gasteiger partial charge on any atom is 0.336 e. The van der Waals surface area contributed by atoms with Gasteiger partial charge in [0, 0.05) is 67.1 Å². The molecule has 5 N–H and O–H groups in total. The van der Waals surface area contributed by atoms with Gasteiger partial charge in [-0.1, -0.05) is 36.4 Å². The van der Waals surface area contributed by atoms with Gasteiger partial charge in [0.25, 0.3) is 23.6 Å². The van der Waals surface area contributed by atoms with Crippen LogP contribution < -0.4 is 50.6 Å². The van der Waals surface area contributed by atoms with Crippen molar-refractivity contribution in [1.82, 2.24) is 21.0 Å². The molecule has 1 aliphatic carbocycles. The zero-order chi connectivity index (χ0) is 57.2. The van der Waals surface area contributed by atoms with E-state index in [4.69, 9.17) is 24.0 Å². The fourth-order valence-corrected chi connectivity index (χ4v) is 11.3. The molecule has 1 saturated carbocycles. The Morgan fingerprint density at radius 2 is 1.26 bits per heavy atom. The highest BCUT2D eigenvalue weighted by Crippen LogP contribution is 2.42. The van der Waals surface area contributed by atoms with E-state index >= 15 is 0 Å². The van der Waals surface area contributed by atoms with Crippen molar-refractivity contribution in [2.75, 3.05) is 53.7 Å². The number of aryl methyl sites for hydroxylation is 1. The van der Waals surface area contributed by atoms with Gasteiger partial charge in [0.1, 0.15) is 19.0 Å². The largest absolute Gasteiger partial charge is 0.493 e. The van der Waals surface area contributed by atoms with Gasteiger partial charge in [0.15, 0.2) is 11.5 Å². The van der Waals surface area contributed by atoms with Gasteiger partial charge in [-0.25, -0.2) is 4.79 Å². The number of carbonyl (C=O) groups excluding carboxylic acids is 9. The van der Waals surface area contributed by atoms with Crippen LogP contribution in [0.1, 0.15) is 87.1 Å². The molecular weight excluding hydrogens is 1050 g/mol. The highest BCUT2D eigenvalue weighted by molar-refractivity contribution is 6.15. The highest BCUT2D eigenvalue weighted by atomic mass is 16.7. The van der Waals surface area contributed by atoms with Gasteiger partial charge < -0.3 is 50.5 Å². The van der Waals surface area contributed by atoms with Crippen molar-refractivity contribution < 1.29 is 62.2 Å². The van der Waals surface area contributed by atoms with E-state index in [9.17, 15) is 43.2 Å². The van der Waals surface area contributed by atoms with Gasteiger partial charge in [-0.05, 0) is 109 Å². The molecule has 5 aromatic carbocycles. The molecule has 0 unspecified atom stereocenters. The molecule has 2 atom stereocenters. The van der Waals surface area contributed by atoms with Crippen molar-refractivity contribution in [2.45, 2.75) is 83.6 Å². The minimum Gasteiger partial charge on any atom is -0.493 e. The number of hydrogen-bond acceptors (Lipinski definition) is 15. The Kier molecular flexibility index (Phi) is 15.4. The predicted octanol–water partition coefficient (Wildman–Crippen LogP) is 5.15. The van der Waals surface area contributed by atoms with Crippen LogP contribution in [-0.4, -0.2) is 110 Å². The first-order chi connectivity index (χ1) is 39.7. The Bertz CT molecular complexity index is 3490. The summed E-state index contributed by atoms with van der Waals surface area (Å²) in [6, 6.07) is 27.7. The molecule has 82 heavy (non-hydrogen) atoms. The highest BCUT2D eigenvalue weighted by Gasteiger charge is 2.40. The molecule has 0 spiro atoms. The Hall–Kier alpha value is -9.60. The summed E-state index contributed by atoms with van der Waals surface area (Å²) in [6.45, 7) is 1.01. The van der Waals surface area contributed by atoms with Crippen LogP contribution in [0.3, 0.4) is 0 Å². The molecule has 422 valence electrons. The zero-order valence-corrected chi connectivity index (χ0v) is 45.0. The van der Waals surface area contributed by atoms with E-state index in [-0.39, 0.29) is 50.0 Å². The standard InChI is InChI=1S/C60H59N9O13/c1-33-17-43-45(61-26-41-21-38-7-3-5-9-47(38)67(41)58(43)76)24-49(33)80-31-34-18-35(32-81-51-25-46-44(23-50(51)79-2)59(77)68-42(27-62-46)22-39-8-4-6-10-48(39)68)20-40(19-34)66-54(72)30-64-52(70)28-63-53(71)29-65-57(75)36-11-13-37(14-12-36)60(78)82-69-55(73)15-16-56(69)74/h3-10,17-20,23-26,36-37,41-42,62H,11-16,21-22,27-32H2,1-2H3,(H,63,71)(H,64,70)(H,65,75)(H,66,72)/t36-,37-,41-,42-/m0/s1. The Morgan fingerprint density at radius 3 is 1.95 bits per heavy atom. The van der Waals surface area contributed by atoms with E-state index in [0.29, 0.717) is 106 Å². The molecule has 8 amide bonds. The summed E-state index contributed by atoms with van der Waals surface area (Å²) in [5.74, 6) is -4.33. The van der Waals surface area contributed by atoms with Crippen LogP contribution in [0, 0.1) is 18.8 Å². The number of rotatable bonds is 17. The number of methoxy groups -OCH3 is 1. The minimum atomic E-state index is -0.702. The first-order valence-corrected chi connectivity index (χ1v) is 27.2. The van der Waals surface area contributed by atoms with Gasteiger partial charge >= 0.3 is 5.97 Å². The van der Waals surface area contributed by atoms with Crippen molar-refractivity contribution in [3.05, 3.63) is 130 Å². The lowest BCUT2D eigenvalue weighted by molar-refractivity contribution is -0.201. The lowest BCUT2D eigenvalue weighted by Gasteiger charge is -2.27. The van der Waals surface area contributed by atoms with Gasteiger partial charge in [-0.2, -0.15) is 0 Å². The second-order valence-electron chi connectivity index (χ2n) is 21.1. The number of nitrogens with one attached hydrogen (secondary N) is 5. The van der Waals surface area contributed by atoms with Crippen molar-refractivity contribution >= 4 is 87.9 Å². The quantitative estimate of drug-likeness (QED) is 0.0755. The van der Waals surface area contributed by atoms with Crippen LogP contribution in [-0.2, 0) is 64.5 Å². The van der Waals surface area contributed by atoms with Crippen LogP contribution in [0.25, 0.3) is 0 Å². The van der Waals surface area contributed by atoms with Gasteiger partial charge in [-0.3, -0.25) is 48.2 Å². The number of ether oxygens (including phenoxy) is 3. The van der Waals surface area contributed by atoms with Crippen LogP contribution >= 0.6 is 0 Å². The number of imide groups is 1. The van der Waals surface area contributed by atoms with E-state index < -0.39 is 72.9 Å². The fourth-order valence-electron chi connectivity index (χ4n) is 11.3. The molecular formula is C60H59N9O13. The zero-order valence-electron chi connectivity index (χ0n) is 45.0. The number of benzene rings is 5. The third-order valence-electron chi connectivity index (χ3n) is 15.6. The minimum absolute atomic E-state index is 0.0149. The third kappa shape index (κ3) is 11.4. The normalized spacial score (nSPS) is 19.2. The summed E-state index contributed by atoms with van der Waals surface area (Å²) in [5.41, 5.74) is 8.21. The maximum atomic E-state index is 14.1. The molecule has 2 fully saturated rings. The summed E-state index contributed by atoms with van der Waals surface area (Å²) < 4.78 is 18.6. The predicted molar refractivity (Wildman–Crippen MR) is 298 cm³/mol. The number of hydrogen-bond donors (Lipinski definition) is 5. The summed E-state index contributed by atoms with van der Waals surface area (Å²) in [7, 11) is 1.50. The van der Waals surface area contributed by atoms with E-state index in [2.05, 4.69) is 26.6 Å². The molecule has 22 nitrogen and oxygen atoms in total. The van der Waals surface area contributed by atoms with Crippen molar-refractivity contribution in [1.29, 1.82) is 0 Å². The maximum absolute atomic E-state index is 14.1. The number of amides is 8. The van der Waals surface area contributed by atoms with E-state index in [1.165, 1.54) is 7.11 Å². The number of aliphatic imine (C=N–C) groups is 1. The smallest absolute Gasteiger partial charge is 0.336 e.